The maximum atomic E-state index is 13.7. The van der Waals surface area contributed by atoms with Crippen LogP contribution in [0.5, 0.6) is 0 Å². The van der Waals surface area contributed by atoms with Crippen LogP contribution >= 0.6 is 0 Å². The fraction of sp³-hybridized carbons (Fsp3) is 0.308. The van der Waals surface area contributed by atoms with Crippen molar-refractivity contribution in [2.45, 2.75) is 18.9 Å². The number of terminal acetylenes is 1. The van der Waals surface area contributed by atoms with Gasteiger partial charge in [-0.3, -0.25) is 5.32 Å². The van der Waals surface area contributed by atoms with Crippen LogP contribution in [-0.2, 0) is 10.3 Å². The van der Waals surface area contributed by atoms with E-state index in [1.807, 2.05) is 0 Å². The topological polar surface area (TPSA) is 49.3 Å². The molecule has 1 unspecified atom stereocenters. The van der Waals surface area contributed by atoms with Gasteiger partial charge in [0.15, 0.2) is 0 Å². The van der Waals surface area contributed by atoms with Gasteiger partial charge in [0.1, 0.15) is 11.4 Å². The molecule has 90 valence electrons. The van der Waals surface area contributed by atoms with Gasteiger partial charge in [-0.05, 0) is 12.5 Å². The molecule has 0 spiro atoms. The lowest BCUT2D eigenvalue weighted by molar-refractivity contribution is -0.145. The molecule has 1 aromatic rings. The number of carboxylic acids is 1. The first-order valence-corrected chi connectivity index (χ1v) is 5.25. The van der Waals surface area contributed by atoms with E-state index >= 15 is 0 Å². The summed E-state index contributed by atoms with van der Waals surface area (Å²) in [7, 11) is 0. The molecule has 0 aliphatic carbocycles. The molecular weight excluding hydrogens is 221 g/mol. The second-order valence-electron chi connectivity index (χ2n) is 3.60. The van der Waals surface area contributed by atoms with Crippen LogP contribution in [0, 0.1) is 18.2 Å². The van der Waals surface area contributed by atoms with Crippen LogP contribution in [0.4, 0.5) is 4.39 Å². The number of carboxylic acid groups (broad SMARTS) is 1. The third-order valence-corrected chi connectivity index (χ3v) is 2.72. The molecule has 0 aliphatic heterocycles. The summed E-state index contributed by atoms with van der Waals surface area (Å²) < 4.78 is 13.7. The van der Waals surface area contributed by atoms with E-state index in [0.717, 1.165) is 0 Å². The maximum absolute atomic E-state index is 13.7. The van der Waals surface area contributed by atoms with Crippen LogP contribution in [0.1, 0.15) is 18.9 Å². The highest BCUT2D eigenvalue weighted by atomic mass is 19.1. The summed E-state index contributed by atoms with van der Waals surface area (Å²) >= 11 is 0. The molecule has 0 aliphatic rings. The van der Waals surface area contributed by atoms with Gasteiger partial charge in [0.2, 0.25) is 0 Å². The summed E-state index contributed by atoms with van der Waals surface area (Å²) in [6.07, 6.45) is 5.31. The Balaban J connectivity index is 3.28. The van der Waals surface area contributed by atoms with E-state index in [1.54, 1.807) is 13.0 Å². The molecule has 0 saturated heterocycles. The highest BCUT2D eigenvalue weighted by molar-refractivity contribution is 5.80. The lowest BCUT2D eigenvalue weighted by atomic mass is 9.86. The number of aliphatic carboxylic acids is 1. The van der Waals surface area contributed by atoms with Gasteiger partial charge in [-0.15, -0.1) is 6.42 Å². The SMILES string of the molecule is C#CCNC(CC)(C(=O)O)c1ccccc1F. The Hall–Kier alpha value is -1.86. The normalized spacial score (nSPS) is 13.7. The van der Waals surface area contributed by atoms with Crippen molar-refractivity contribution >= 4 is 5.97 Å². The smallest absolute Gasteiger partial charge is 0.328 e. The predicted octanol–water partition coefficient (Wildman–Crippen LogP) is 1.74. The molecule has 0 bridgehead atoms. The summed E-state index contributed by atoms with van der Waals surface area (Å²) in [5.74, 6) is 0.612. The Labute approximate surface area is 99.7 Å². The zero-order chi connectivity index (χ0) is 12.9. The Bertz CT molecular complexity index is 453. The average Bonchev–Trinajstić information content (AvgIpc) is 2.32. The highest BCUT2D eigenvalue weighted by Gasteiger charge is 2.39. The summed E-state index contributed by atoms with van der Waals surface area (Å²) in [6, 6.07) is 5.81. The van der Waals surface area contributed by atoms with Crippen molar-refractivity contribution in [1.29, 1.82) is 0 Å². The summed E-state index contributed by atoms with van der Waals surface area (Å²) in [6.45, 7) is 1.73. The van der Waals surface area contributed by atoms with Crippen LogP contribution in [0.3, 0.4) is 0 Å². The van der Waals surface area contributed by atoms with Crippen LogP contribution in [0.15, 0.2) is 24.3 Å². The number of benzene rings is 1. The van der Waals surface area contributed by atoms with Gasteiger partial charge in [0, 0.05) is 5.56 Å². The van der Waals surface area contributed by atoms with Crippen molar-refractivity contribution in [1.82, 2.24) is 5.32 Å². The van der Waals surface area contributed by atoms with E-state index in [-0.39, 0.29) is 18.5 Å². The highest BCUT2D eigenvalue weighted by Crippen LogP contribution is 2.27. The van der Waals surface area contributed by atoms with E-state index in [9.17, 15) is 14.3 Å². The maximum Gasteiger partial charge on any atom is 0.328 e. The average molecular weight is 235 g/mol. The predicted molar refractivity (Wildman–Crippen MR) is 62.8 cm³/mol. The van der Waals surface area contributed by atoms with Crippen molar-refractivity contribution in [3.63, 3.8) is 0 Å². The quantitative estimate of drug-likeness (QED) is 0.764. The molecule has 0 amide bonds. The van der Waals surface area contributed by atoms with Gasteiger partial charge in [-0.25, -0.2) is 9.18 Å². The molecule has 0 fully saturated rings. The Morgan fingerprint density at radius 1 is 1.59 bits per heavy atom. The van der Waals surface area contributed by atoms with Crippen molar-refractivity contribution in [2.75, 3.05) is 6.54 Å². The van der Waals surface area contributed by atoms with Gasteiger partial charge in [0.05, 0.1) is 6.54 Å². The number of rotatable bonds is 5. The molecule has 1 aromatic carbocycles. The summed E-state index contributed by atoms with van der Waals surface area (Å²) in [5.41, 5.74) is -1.37. The van der Waals surface area contributed by atoms with E-state index in [4.69, 9.17) is 6.42 Å². The molecule has 0 radical (unpaired) electrons. The van der Waals surface area contributed by atoms with Crippen molar-refractivity contribution in [3.8, 4) is 12.3 Å². The van der Waals surface area contributed by atoms with E-state index in [0.29, 0.717) is 0 Å². The molecule has 1 rings (SSSR count). The minimum atomic E-state index is -1.47. The zero-order valence-electron chi connectivity index (χ0n) is 9.53. The Kier molecular flexibility index (Phi) is 4.24. The van der Waals surface area contributed by atoms with Gasteiger partial charge in [-0.1, -0.05) is 31.0 Å². The first kappa shape index (κ1) is 13.2. The molecule has 2 N–H and O–H groups in total. The number of hydrogen-bond donors (Lipinski definition) is 2. The first-order chi connectivity index (χ1) is 8.08. The van der Waals surface area contributed by atoms with Gasteiger partial charge >= 0.3 is 5.97 Å². The van der Waals surface area contributed by atoms with E-state index in [1.165, 1.54) is 18.2 Å². The summed E-state index contributed by atoms with van der Waals surface area (Å²) in [4.78, 5) is 11.4. The van der Waals surface area contributed by atoms with E-state index < -0.39 is 17.3 Å². The van der Waals surface area contributed by atoms with Gasteiger partial charge in [-0.2, -0.15) is 0 Å². The first-order valence-electron chi connectivity index (χ1n) is 5.25. The molecule has 0 aromatic heterocycles. The monoisotopic (exact) mass is 235 g/mol. The minimum Gasteiger partial charge on any atom is -0.480 e. The second-order valence-corrected chi connectivity index (χ2v) is 3.60. The molecule has 3 nitrogen and oxygen atoms in total. The van der Waals surface area contributed by atoms with Crippen molar-refractivity contribution < 1.29 is 14.3 Å². The third-order valence-electron chi connectivity index (χ3n) is 2.72. The molecular formula is C13H14FNO2. The number of halogens is 1. The Morgan fingerprint density at radius 2 is 2.24 bits per heavy atom. The molecule has 0 saturated carbocycles. The lowest BCUT2D eigenvalue weighted by Gasteiger charge is -2.29. The summed E-state index contributed by atoms with van der Waals surface area (Å²) in [5, 5.41) is 12.0. The molecule has 1 atom stereocenters. The standard InChI is InChI=1S/C13H14FNO2/c1-3-9-15-13(4-2,12(16)17)10-7-5-6-8-11(10)14/h1,5-8,15H,4,9H2,2H3,(H,16,17). The number of carbonyl (C=O) groups is 1. The van der Waals surface area contributed by atoms with Crippen LogP contribution < -0.4 is 5.32 Å². The lowest BCUT2D eigenvalue weighted by Crippen LogP contribution is -2.49. The number of hydrogen-bond acceptors (Lipinski definition) is 2. The van der Waals surface area contributed by atoms with Crippen molar-refractivity contribution in [2.24, 2.45) is 0 Å². The molecule has 0 heterocycles. The van der Waals surface area contributed by atoms with Gasteiger partial charge in [0.25, 0.3) is 0 Å². The second kappa shape index (κ2) is 5.46. The largest absolute Gasteiger partial charge is 0.480 e. The zero-order valence-corrected chi connectivity index (χ0v) is 9.53. The van der Waals surface area contributed by atoms with Crippen LogP contribution in [-0.4, -0.2) is 17.6 Å². The fourth-order valence-corrected chi connectivity index (χ4v) is 1.76. The minimum absolute atomic E-state index is 0.0640. The van der Waals surface area contributed by atoms with Crippen molar-refractivity contribution in [3.05, 3.63) is 35.6 Å². The molecule has 17 heavy (non-hydrogen) atoms. The Morgan fingerprint density at radius 3 is 2.71 bits per heavy atom. The van der Waals surface area contributed by atoms with Crippen LogP contribution in [0.25, 0.3) is 0 Å². The number of nitrogens with one attached hydrogen (secondary N) is 1. The third kappa shape index (κ3) is 2.45. The van der Waals surface area contributed by atoms with E-state index in [2.05, 4.69) is 11.2 Å². The fourth-order valence-electron chi connectivity index (χ4n) is 1.76. The van der Waals surface area contributed by atoms with Crippen LogP contribution in [0.2, 0.25) is 0 Å². The van der Waals surface area contributed by atoms with Gasteiger partial charge < -0.3 is 5.11 Å². The molecule has 4 heteroatoms.